The molecule has 1 aromatic carbocycles. The molecule has 0 unspecified atom stereocenters. The lowest BCUT2D eigenvalue weighted by atomic mass is 10.3. The molecule has 1 aliphatic carbocycles. The molecular formula is C12H18N2O. The monoisotopic (exact) mass is 206 g/mol. The van der Waals surface area contributed by atoms with E-state index >= 15 is 0 Å². The summed E-state index contributed by atoms with van der Waals surface area (Å²) < 4.78 is 5.98. The molecule has 0 atom stereocenters. The summed E-state index contributed by atoms with van der Waals surface area (Å²) in [5, 5.41) is 0. The summed E-state index contributed by atoms with van der Waals surface area (Å²) in [5.74, 6) is 0.920. The number of rotatable bonds is 4. The molecule has 2 rings (SSSR count). The van der Waals surface area contributed by atoms with E-state index in [1.807, 2.05) is 24.3 Å². The van der Waals surface area contributed by atoms with E-state index in [-0.39, 0.29) is 5.60 Å². The van der Waals surface area contributed by atoms with Gasteiger partial charge in [-0.3, -0.25) is 0 Å². The molecule has 0 bridgehead atoms. The molecule has 15 heavy (non-hydrogen) atoms. The Hall–Kier alpha value is -1.22. The third-order valence-electron chi connectivity index (χ3n) is 2.63. The van der Waals surface area contributed by atoms with Gasteiger partial charge in [-0.1, -0.05) is 0 Å². The van der Waals surface area contributed by atoms with E-state index in [1.165, 1.54) is 0 Å². The minimum atomic E-state index is 0.0552. The van der Waals surface area contributed by atoms with Gasteiger partial charge >= 0.3 is 0 Å². The zero-order valence-electron chi connectivity index (χ0n) is 9.36. The minimum absolute atomic E-state index is 0.0552. The van der Waals surface area contributed by atoms with Crippen LogP contribution in [0.15, 0.2) is 24.3 Å². The van der Waals surface area contributed by atoms with Crippen LogP contribution in [0.4, 0.5) is 5.69 Å². The Bertz CT molecular complexity index is 328. The number of anilines is 1. The van der Waals surface area contributed by atoms with Gasteiger partial charge in [-0.25, -0.2) is 0 Å². The molecule has 1 fully saturated rings. The zero-order valence-corrected chi connectivity index (χ0v) is 9.36. The fraction of sp³-hybridized carbons (Fsp3) is 0.500. The fourth-order valence-electron chi connectivity index (χ4n) is 1.79. The second-order valence-corrected chi connectivity index (χ2v) is 4.59. The van der Waals surface area contributed by atoms with Gasteiger partial charge in [0, 0.05) is 12.2 Å². The van der Waals surface area contributed by atoms with Crippen LogP contribution in [0.2, 0.25) is 0 Å². The molecule has 0 aliphatic heterocycles. The lowest BCUT2D eigenvalue weighted by Crippen LogP contribution is -2.32. The van der Waals surface area contributed by atoms with Gasteiger partial charge in [-0.05, 0) is 51.2 Å². The number of nitrogens with two attached hydrogens (primary N) is 1. The molecule has 3 heteroatoms. The summed E-state index contributed by atoms with van der Waals surface area (Å²) in [6, 6.07) is 7.62. The maximum absolute atomic E-state index is 5.98. The highest BCUT2D eigenvalue weighted by atomic mass is 16.5. The highest BCUT2D eigenvalue weighted by Gasteiger charge is 2.45. The second kappa shape index (κ2) is 3.74. The number of hydrogen-bond acceptors (Lipinski definition) is 3. The average Bonchev–Trinajstić information content (AvgIpc) is 2.88. The Labute approximate surface area is 90.8 Å². The number of hydrogen-bond donors (Lipinski definition) is 1. The van der Waals surface area contributed by atoms with Gasteiger partial charge in [0.25, 0.3) is 0 Å². The summed E-state index contributed by atoms with van der Waals surface area (Å²) in [6.07, 6.45) is 2.30. The highest BCUT2D eigenvalue weighted by Crippen LogP contribution is 2.40. The second-order valence-electron chi connectivity index (χ2n) is 4.59. The number of nitrogen functional groups attached to an aromatic ring is 1. The highest BCUT2D eigenvalue weighted by molar-refractivity contribution is 5.41. The molecule has 0 spiro atoms. The topological polar surface area (TPSA) is 38.5 Å². The summed E-state index contributed by atoms with van der Waals surface area (Å²) in [4.78, 5) is 2.17. The number of ether oxygens (including phenoxy) is 1. The fourth-order valence-corrected chi connectivity index (χ4v) is 1.79. The number of benzene rings is 1. The van der Waals surface area contributed by atoms with Gasteiger partial charge in [0.2, 0.25) is 0 Å². The molecule has 2 N–H and O–H groups in total. The Balaban J connectivity index is 1.99. The van der Waals surface area contributed by atoms with Crippen LogP contribution >= 0.6 is 0 Å². The Morgan fingerprint density at radius 1 is 1.27 bits per heavy atom. The predicted octanol–water partition coefficient (Wildman–Crippen LogP) is 1.74. The zero-order chi connectivity index (χ0) is 10.9. The SMILES string of the molecule is CN(C)CC1(Oc2ccc(N)cc2)CC1. The summed E-state index contributed by atoms with van der Waals surface area (Å²) in [7, 11) is 4.15. The quantitative estimate of drug-likeness (QED) is 0.763. The smallest absolute Gasteiger partial charge is 0.122 e. The number of nitrogens with zero attached hydrogens (tertiary/aromatic N) is 1. The van der Waals surface area contributed by atoms with Crippen LogP contribution in [-0.2, 0) is 0 Å². The molecule has 1 aromatic rings. The maximum atomic E-state index is 5.98. The average molecular weight is 206 g/mol. The van der Waals surface area contributed by atoms with Crippen molar-refractivity contribution in [1.82, 2.24) is 4.90 Å². The summed E-state index contributed by atoms with van der Waals surface area (Å²) in [6.45, 7) is 0.984. The summed E-state index contributed by atoms with van der Waals surface area (Å²) in [5.41, 5.74) is 6.46. The van der Waals surface area contributed by atoms with E-state index in [0.29, 0.717) is 0 Å². The molecule has 1 aliphatic rings. The lowest BCUT2D eigenvalue weighted by molar-refractivity contribution is 0.139. The first kappa shape index (κ1) is 10.3. The molecule has 82 valence electrons. The van der Waals surface area contributed by atoms with Crippen LogP contribution < -0.4 is 10.5 Å². The molecular weight excluding hydrogens is 188 g/mol. The largest absolute Gasteiger partial charge is 0.486 e. The Morgan fingerprint density at radius 3 is 2.33 bits per heavy atom. The predicted molar refractivity (Wildman–Crippen MR) is 62.0 cm³/mol. The molecule has 0 amide bonds. The first-order valence-electron chi connectivity index (χ1n) is 5.29. The van der Waals surface area contributed by atoms with E-state index in [0.717, 1.165) is 30.8 Å². The van der Waals surface area contributed by atoms with Crippen molar-refractivity contribution < 1.29 is 4.74 Å². The van der Waals surface area contributed by atoms with Crippen LogP contribution in [0, 0.1) is 0 Å². The molecule has 0 saturated heterocycles. The van der Waals surface area contributed by atoms with Crippen LogP contribution in [-0.4, -0.2) is 31.1 Å². The first-order valence-corrected chi connectivity index (χ1v) is 5.29. The standard InChI is InChI=1S/C12H18N2O/c1-14(2)9-12(7-8-12)15-11-5-3-10(13)4-6-11/h3-6H,7-9,13H2,1-2H3. The van der Waals surface area contributed by atoms with Gasteiger partial charge < -0.3 is 15.4 Å². The van der Waals surface area contributed by atoms with Gasteiger partial charge in [-0.2, -0.15) is 0 Å². The third-order valence-corrected chi connectivity index (χ3v) is 2.63. The number of likely N-dealkylation sites (N-methyl/N-ethyl adjacent to an activating group) is 1. The van der Waals surface area contributed by atoms with Crippen molar-refractivity contribution in [2.45, 2.75) is 18.4 Å². The van der Waals surface area contributed by atoms with Crippen molar-refractivity contribution in [3.8, 4) is 5.75 Å². The summed E-state index contributed by atoms with van der Waals surface area (Å²) >= 11 is 0. The van der Waals surface area contributed by atoms with Crippen molar-refractivity contribution >= 4 is 5.69 Å². The van der Waals surface area contributed by atoms with Crippen LogP contribution in [0.3, 0.4) is 0 Å². The van der Waals surface area contributed by atoms with E-state index in [4.69, 9.17) is 10.5 Å². The van der Waals surface area contributed by atoms with Gasteiger partial charge in [0.1, 0.15) is 11.4 Å². The van der Waals surface area contributed by atoms with Gasteiger partial charge in [0.05, 0.1) is 0 Å². The first-order chi connectivity index (χ1) is 7.10. The molecule has 0 radical (unpaired) electrons. The van der Waals surface area contributed by atoms with E-state index in [1.54, 1.807) is 0 Å². The van der Waals surface area contributed by atoms with Crippen LogP contribution in [0.25, 0.3) is 0 Å². The normalized spacial score (nSPS) is 17.8. The molecule has 3 nitrogen and oxygen atoms in total. The van der Waals surface area contributed by atoms with Crippen LogP contribution in [0.5, 0.6) is 5.75 Å². The van der Waals surface area contributed by atoms with Crippen molar-refractivity contribution in [1.29, 1.82) is 0 Å². The maximum Gasteiger partial charge on any atom is 0.122 e. The third kappa shape index (κ3) is 2.63. The Morgan fingerprint density at radius 2 is 1.87 bits per heavy atom. The minimum Gasteiger partial charge on any atom is -0.486 e. The van der Waals surface area contributed by atoms with Crippen molar-refractivity contribution in [2.24, 2.45) is 0 Å². The van der Waals surface area contributed by atoms with Crippen LogP contribution in [0.1, 0.15) is 12.8 Å². The van der Waals surface area contributed by atoms with E-state index in [9.17, 15) is 0 Å². The molecule has 0 aromatic heterocycles. The van der Waals surface area contributed by atoms with E-state index in [2.05, 4.69) is 19.0 Å². The molecule has 0 heterocycles. The Kier molecular flexibility index (Phi) is 2.57. The lowest BCUT2D eigenvalue weighted by Gasteiger charge is -2.21. The van der Waals surface area contributed by atoms with Gasteiger partial charge in [0.15, 0.2) is 0 Å². The van der Waals surface area contributed by atoms with E-state index < -0.39 is 0 Å². The van der Waals surface area contributed by atoms with Crippen molar-refractivity contribution in [2.75, 3.05) is 26.4 Å². The van der Waals surface area contributed by atoms with Crippen molar-refractivity contribution in [3.63, 3.8) is 0 Å². The van der Waals surface area contributed by atoms with Gasteiger partial charge in [-0.15, -0.1) is 0 Å². The van der Waals surface area contributed by atoms with Crippen molar-refractivity contribution in [3.05, 3.63) is 24.3 Å². The molecule has 1 saturated carbocycles.